The van der Waals surface area contributed by atoms with Gasteiger partial charge in [0.05, 0.1) is 22.8 Å². The highest BCUT2D eigenvalue weighted by molar-refractivity contribution is 6.34. The summed E-state index contributed by atoms with van der Waals surface area (Å²) in [7, 11) is 0. The Hall–Kier alpha value is -7.68. The molecule has 0 unspecified atom stereocenters. The molecule has 0 radical (unpaired) electrons. The Labute approximate surface area is 425 Å². The molecule has 0 saturated heterocycles. The lowest BCUT2D eigenvalue weighted by Gasteiger charge is -2.28. The van der Waals surface area contributed by atoms with Crippen molar-refractivity contribution >= 4 is 55.1 Å². The van der Waals surface area contributed by atoms with Crippen molar-refractivity contribution in [2.45, 2.75) is 90.9 Å². The number of hydrogen-bond acceptors (Lipinski definition) is 2. The molecule has 2 nitrogen and oxygen atoms in total. The van der Waals surface area contributed by atoms with Crippen molar-refractivity contribution in [1.29, 1.82) is 0 Å². The molecule has 0 atom stereocenters. The van der Waals surface area contributed by atoms with E-state index >= 15 is 0 Å². The third kappa shape index (κ3) is 7.21. The van der Waals surface area contributed by atoms with Crippen LogP contribution in [0.5, 0.6) is 0 Å². The third-order valence-corrected chi connectivity index (χ3v) is 15.9. The monoisotopic (exact) mass is 930 g/mol. The summed E-state index contributed by atoms with van der Waals surface area (Å²) in [6.45, 7) is 23.2. The van der Waals surface area contributed by atoms with Gasteiger partial charge in [0.1, 0.15) is 0 Å². The van der Waals surface area contributed by atoms with Crippen molar-refractivity contribution in [1.82, 2.24) is 0 Å². The van der Waals surface area contributed by atoms with Crippen LogP contribution in [0.25, 0.3) is 76.8 Å². The molecular weight excluding hydrogens is 869 g/mol. The molecular formula is C70H62N2. The van der Waals surface area contributed by atoms with Gasteiger partial charge in [0.15, 0.2) is 0 Å². The Kier molecular flexibility index (Phi) is 10.4. The van der Waals surface area contributed by atoms with E-state index in [4.69, 9.17) is 9.98 Å². The van der Waals surface area contributed by atoms with Crippen LogP contribution in [0.15, 0.2) is 204 Å². The summed E-state index contributed by atoms with van der Waals surface area (Å²) in [4.78, 5) is 10.6. The number of para-hydroxylation sites is 2. The predicted molar refractivity (Wildman–Crippen MR) is 309 cm³/mol. The molecule has 12 rings (SSSR count). The van der Waals surface area contributed by atoms with E-state index in [1.165, 1.54) is 99.1 Å². The van der Waals surface area contributed by atoms with Crippen LogP contribution in [0.1, 0.15) is 103 Å². The van der Waals surface area contributed by atoms with Gasteiger partial charge in [-0.3, -0.25) is 9.98 Å². The molecule has 10 aromatic carbocycles. The van der Waals surface area contributed by atoms with E-state index in [2.05, 4.69) is 263 Å². The van der Waals surface area contributed by atoms with Crippen molar-refractivity contribution < 1.29 is 0 Å². The number of benzene rings is 10. The zero-order valence-corrected chi connectivity index (χ0v) is 43.4. The topological polar surface area (TPSA) is 24.7 Å². The zero-order chi connectivity index (χ0) is 49.9. The van der Waals surface area contributed by atoms with Gasteiger partial charge >= 0.3 is 0 Å². The molecule has 10 aromatic rings. The van der Waals surface area contributed by atoms with Crippen LogP contribution < -0.4 is 0 Å². The van der Waals surface area contributed by atoms with E-state index in [1.807, 2.05) is 0 Å². The first-order valence-electron chi connectivity index (χ1n) is 25.7. The lowest BCUT2D eigenvalue weighted by Crippen LogP contribution is -2.26. The molecule has 2 aliphatic heterocycles. The smallest absolute Gasteiger partial charge is 0.0675 e. The van der Waals surface area contributed by atoms with Gasteiger partial charge in [-0.1, -0.05) is 239 Å². The number of nitrogens with zero attached hydrogens (tertiary/aromatic N) is 2. The van der Waals surface area contributed by atoms with Gasteiger partial charge < -0.3 is 0 Å². The quantitative estimate of drug-likeness (QED) is 0.148. The number of aliphatic imine (C=N–C) groups is 2. The molecule has 352 valence electrons. The van der Waals surface area contributed by atoms with Gasteiger partial charge in [0, 0.05) is 10.8 Å². The molecule has 0 spiro atoms. The van der Waals surface area contributed by atoms with E-state index < -0.39 is 0 Å². The summed E-state index contributed by atoms with van der Waals surface area (Å²) in [5, 5.41) is 7.48. The van der Waals surface area contributed by atoms with Gasteiger partial charge in [-0.05, 0) is 145 Å². The highest BCUT2D eigenvalue weighted by Gasteiger charge is 2.37. The Morgan fingerprint density at radius 2 is 0.611 bits per heavy atom. The minimum Gasteiger partial charge on any atom is -0.252 e. The summed E-state index contributed by atoms with van der Waals surface area (Å²) in [5.74, 6) is 0. The molecule has 0 amide bonds. The first-order chi connectivity index (χ1) is 34.5. The Balaban J connectivity index is 1.25. The van der Waals surface area contributed by atoms with Crippen LogP contribution in [0.2, 0.25) is 0 Å². The summed E-state index contributed by atoms with van der Waals surface area (Å²) in [6, 6.07) is 72.9. The van der Waals surface area contributed by atoms with E-state index in [1.54, 1.807) is 0 Å². The van der Waals surface area contributed by atoms with E-state index in [0.717, 1.165) is 33.9 Å². The van der Waals surface area contributed by atoms with Crippen LogP contribution in [-0.2, 0) is 21.7 Å². The van der Waals surface area contributed by atoms with Crippen LogP contribution in [0.3, 0.4) is 0 Å². The zero-order valence-electron chi connectivity index (χ0n) is 43.4. The standard InChI is InChI=1S/C70H62N2/c1-67(2,3)49-37-39-51-53(41-49)61(44-23-15-12-16-24-44)64-60(45-29-33-47(34-30-45)65-69(7,8)55-25-17-19-27-57(55)71-65)52-40-38-50(68(4,5)6)42-54(52)62(63(64)59(51)43-21-13-11-14-22-43)46-31-35-48(36-32-46)66-70(9,10)56-26-18-20-28-58(56)72-66/h11-42H,1-10H3. The second kappa shape index (κ2) is 16.4. The van der Waals surface area contributed by atoms with Crippen molar-refractivity contribution in [3.8, 4) is 44.5 Å². The van der Waals surface area contributed by atoms with Gasteiger partial charge in [0.2, 0.25) is 0 Å². The summed E-state index contributed by atoms with van der Waals surface area (Å²) >= 11 is 0. The minimum atomic E-state index is -0.226. The Morgan fingerprint density at radius 1 is 0.306 bits per heavy atom. The normalized spacial score (nSPS) is 14.9. The predicted octanol–water partition coefficient (Wildman–Crippen LogP) is 19.2. The highest BCUT2D eigenvalue weighted by Crippen LogP contribution is 2.55. The lowest BCUT2D eigenvalue weighted by molar-refractivity contribution is 0.591. The Morgan fingerprint density at radius 3 is 0.958 bits per heavy atom. The molecule has 0 aliphatic carbocycles. The first kappa shape index (κ1) is 45.5. The molecule has 72 heavy (non-hydrogen) atoms. The fourth-order valence-corrected chi connectivity index (χ4v) is 12.0. The third-order valence-electron chi connectivity index (χ3n) is 15.9. The fourth-order valence-electron chi connectivity index (χ4n) is 12.0. The average molecular weight is 931 g/mol. The van der Waals surface area contributed by atoms with Crippen molar-refractivity contribution in [2.75, 3.05) is 0 Å². The minimum absolute atomic E-state index is 0.0712. The Bertz CT molecular complexity index is 3870. The summed E-state index contributed by atoms with van der Waals surface area (Å²) in [6.07, 6.45) is 0. The van der Waals surface area contributed by atoms with Crippen LogP contribution in [0.4, 0.5) is 11.4 Å². The maximum absolute atomic E-state index is 5.28. The maximum Gasteiger partial charge on any atom is 0.0675 e. The second-order valence-corrected chi connectivity index (χ2v) is 23.4. The fraction of sp³-hybridized carbons (Fsp3) is 0.200. The lowest BCUT2D eigenvalue weighted by atomic mass is 9.75. The molecule has 0 N–H and O–H groups in total. The largest absolute Gasteiger partial charge is 0.252 e. The number of fused-ring (bicyclic) bond motifs is 5. The molecule has 2 heterocycles. The molecule has 2 aliphatic rings. The van der Waals surface area contributed by atoms with Crippen LogP contribution in [-0.4, -0.2) is 11.4 Å². The summed E-state index contributed by atoms with van der Waals surface area (Å²) in [5.41, 5.74) is 20.9. The first-order valence-corrected chi connectivity index (χ1v) is 25.7. The molecule has 0 aromatic heterocycles. The molecule has 2 heteroatoms. The van der Waals surface area contributed by atoms with Gasteiger partial charge in [-0.25, -0.2) is 0 Å². The summed E-state index contributed by atoms with van der Waals surface area (Å²) < 4.78 is 0. The van der Waals surface area contributed by atoms with Crippen molar-refractivity contribution in [2.24, 2.45) is 9.98 Å². The highest BCUT2D eigenvalue weighted by atomic mass is 14.8. The average Bonchev–Trinajstić information content (AvgIpc) is 3.82. The van der Waals surface area contributed by atoms with Gasteiger partial charge in [-0.15, -0.1) is 0 Å². The van der Waals surface area contributed by atoms with Crippen molar-refractivity contribution in [3.05, 3.63) is 228 Å². The van der Waals surface area contributed by atoms with Crippen LogP contribution in [0, 0.1) is 0 Å². The van der Waals surface area contributed by atoms with Gasteiger partial charge in [0.25, 0.3) is 0 Å². The molecule has 0 fully saturated rings. The number of hydrogen-bond donors (Lipinski definition) is 0. The van der Waals surface area contributed by atoms with E-state index in [9.17, 15) is 0 Å². The van der Waals surface area contributed by atoms with E-state index in [-0.39, 0.29) is 21.7 Å². The number of rotatable bonds is 6. The van der Waals surface area contributed by atoms with E-state index in [0.29, 0.717) is 0 Å². The van der Waals surface area contributed by atoms with Gasteiger partial charge in [-0.2, -0.15) is 0 Å². The van der Waals surface area contributed by atoms with Crippen molar-refractivity contribution in [3.63, 3.8) is 0 Å². The molecule has 0 bridgehead atoms. The van der Waals surface area contributed by atoms with Crippen LogP contribution >= 0.6 is 0 Å². The second-order valence-electron chi connectivity index (χ2n) is 23.4. The SMILES string of the molecule is CC(C)(C)c1ccc2c(-c3ccc(C4=Nc5ccccc5C4(C)C)cc3)c3c(-c4ccccc4)c4cc(C(C)(C)C)ccc4c(-c4ccccc4)c3c(-c3ccc(C4=Nc5ccccc5C4(C)C)cc3)c2c1. The maximum atomic E-state index is 5.28. The molecule has 0 saturated carbocycles.